The lowest BCUT2D eigenvalue weighted by Crippen LogP contribution is -2.23. The molecule has 0 N–H and O–H groups in total. The molecular formula is C30H44S3. The van der Waals surface area contributed by atoms with Crippen LogP contribution in [0.3, 0.4) is 0 Å². The number of rotatable bonds is 15. The smallest absolute Gasteiger partial charge is 0.0927 e. The summed E-state index contributed by atoms with van der Waals surface area (Å²) in [7, 11) is 0. The van der Waals surface area contributed by atoms with E-state index < -0.39 is 0 Å². The van der Waals surface area contributed by atoms with Crippen LogP contribution in [0.5, 0.6) is 0 Å². The van der Waals surface area contributed by atoms with Crippen molar-refractivity contribution >= 4 is 46.5 Å². The van der Waals surface area contributed by atoms with Gasteiger partial charge in [-0.25, -0.2) is 0 Å². The van der Waals surface area contributed by atoms with Crippen molar-refractivity contribution in [2.45, 2.75) is 127 Å². The quantitative estimate of drug-likeness (QED) is 0.220. The Morgan fingerprint density at radius 2 is 1.52 bits per heavy atom. The van der Waals surface area contributed by atoms with Crippen molar-refractivity contribution in [1.82, 2.24) is 0 Å². The predicted molar refractivity (Wildman–Crippen MR) is 155 cm³/mol. The molecular weight excluding hydrogens is 457 g/mol. The molecule has 182 valence electrons. The van der Waals surface area contributed by atoms with E-state index in [2.05, 4.69) is 67.9 Å². The van der Waals surface area contributed by atoms with Crippen LogP contribution in [-0.4, -0.2) is 10.00 Å². The van der Waals surface area contributed by atoms with Crippen LogP contribution in [0.4, 0.5) is 0 Å². The van der Waals surface area contributed by atoms with Crippen molar-refractivity contribution in [3.63, 3.8) is 0 Å². The van der Waals surface area contributed by atoms with Gasteiger partial charge < -0.3 is 0 Å². The molecule has 2 aliphatic heterocycles. The fourth-order valence-electron chi connectivity index (χ4n) is 5.47. The molecule has 1 aromatic heterocycles. The van der Waals surface area contributed by atoms with Crippen molar-refractivity contribution in [3.05, 3.63) is 43.3 Å². The molecule has 1 aromatic rings. The highest BCUT2D eigenvalue weighted by molar-refractivity contribution is 8.10. The van der Waals surface area contributed by atoms with Crippen molar-refractivity contribution in [1.29, 1.82) is 0 Å². The zero-order chi connectivity index (χ0) is 23.1. The molecule has 3 aliphatic rings. The molecule has 0 fully saturated rings. The molecule has 2 atom stereocenters. The van der Waals surface area contributed by atoms with Crippen LogP contribution in [0.15, 0.2) is 27.3 Å². The molecule has 0 aromatic carbocycles. The maximum Gasteiger partial charge on any atom is 0.0927 e. The van der Waals surface area contributed by atoms with Gasteiger partial charge in [-0.15, -0.1) is 23.1 Å². The first-order valence-electron chi connectivity index (χ1n) is 13.8. The maximum atomic E-state index is 2.70. The van der Waals surface area contributed by atoms with Gasteiger partial charge in [-0.05, 0) is 71.2 Å². The largest absolute Gasteiger partial charge is 0.143 e. The molecule has 1 spiro atoms. The second-order valence-electron chi connectivity index (χ2n) is 10.2. The third kappa shape index (κ3) is 5.89. The number of unbranched alkanes of at least 4 members (excludes halogenated alkanes) is 9. The monoisotopic (exact) mass is 500 g/mol. The van der Waals surface area contributed by atoms with Crippen LogP contribution < -0.4 is 0 Å². The Bertz CT molecular complexity index is 871. The summed E-state index contributed by atoms with van der Waals surface area (Å²) < 4.78 is 0.136. The number of hydrogen-bond acceptors (Lipinski definition) is 3. The van der Waals surface area contributed by atoms with Gasteiger partial charge >= 0.3 is 0 Å². The van der Waals surface area contributed by atoms with E-state index in [4.69, 9.17) is 0 Å². The number of hydrogen-bond donors (Lipinski definition) is 0. The summed E-state index contributed by atoms with van der Waals surface area (Å²) in [6.45, 7) is 6.94. The zero-order valence-electron chi connectivity index (χ0n) is 21.2. The molecule has 0 saturated heterocycles. The van der Waals surface area contributed by atoms with Gasteiger partial charge in [0.25, 0.3) is 0 Å². The van der Waals surface area contributed by atoms with Crippen molar-refractivity contribution in [2.75, 3.05) is 0 Å². The average Bonchev–Trinajstić information content (AvgIpc) is 3.49. The minimum Gasteiger partial charge on any atom is -0.143 e. The van der Waals surface area contributed by atoms with Crippen LogP contribution in [0, 0.1) is 0 Å². The molecule has 0 amide bonds. The fraction of sp³-hybridized carbons (Fsp3) is 0.667. The van der Waals surface area contributed by atoms with Gasteiger partial charge in [0.1, 0.15) is 0 Å². The number of aryl methyl sites for hydroxylation is 1. The van der Waals surface area contributed by atoms with E-state index in [1.54, 1.807) is 31.4 Å². The van der Waals surface area contributed by atoms with E-state index in [0.717, 1.165) is 0 Å². The van der Waals surface area contributed by atoms with E-state index in [1.165, 1.54) is 96.3 Å². The number of allylic oxidation sites excluding steroid dienone is 1. The van der Waals surface area contributed by atoms with Crippen molar-refractivity contribution in [2.24, 2.45) is 0 Å². The summed E-state index contributed by atoms with van der Waals surface area (Å²) in [4.78, 5) is 4.86. The lowest BCUT2D eigenvalue weighted by Gasteiger charge is -2.31. The SMILES string of the molecule is CCCCCCC1=CC23SC(CCCCCC)C=C2c2scc(CCCCCC)c2C=C3S1. The highest BCUT2D eigenvalue weighted by atomic mass is 32.2. The van der Waals surface area contributed by atoms with Crippen molar-refractivity contribution in [3.8, 4) is 0 Å². The van der Waals surface area contributed by atoms with E-state index in [9.17, 15) is 0 Å². The molecule has 0 radical (unpaired) electrons. The summed E-state index contributed by atoms with van der Waals surface area (Å²) in [5.41, 5.74) is 4.84. The Morgan fingerprint density at radius 3 is 2.24 bits per heavy atom. The van der Waals surface area contributed by atoms with E-state index in [1.807, 2.05) is 11.3 Å². The van der Waals surface area contributed by atoms with Gasteiger partial charge in [-0.2, -0.15) is 0 Å². The Balaban J connectivity index is 1.55. The second kappa shape index (κ2) is 12.5. The van der Waals surface area contributed by atoms with Gasteiger partial charge in [0.15, 0.2) is 0 Å². The minimum atomic E-state index is 0.136. The van der Waals surface area contributed by atoms with Crippen LogP contribution in [0.2, 0.25) is 0 Å². The molecule has 0 saturated carbocycles. The summed E-state index contributed by atoms with van der Waals surface area (Å²) in [6.07, 6.45) is 28.2. The molecule has 0 nitrogen and oxygen atoms in total. The van der Waals surface area contributed by atoms with E-state index >= 15 is 0 Å². The summed E-state index contributed by atoms with van der Waals surface area (Å²) in [6, 6.07) is 0. The highest BCUT2D eigenvalue weighted by Gasteiger charge is 2.50. The number of thioether (sulfide) groups is 2. The number of thiophene rings is 1. The molecule has 4 rings (SSSR count). The fourth-order valence-corrected chi connectivity index (χ4v) is 9.97. The Kier molecular flexibility index (Phi) is 9.77. The van der Waals surface area contributed by atoms with E-state index in [-0.39, 0.29) is 4.75 Å². The lowest BCUT2D eigenvalue weighted by molar-refractivity contribution is 0.643. The third-order valence-corrected chi connectivity index (χ3v) is 11.5. The topological polar surface area (TPSA) is 0 Å². The second-order valence-corrected chi connectivity index (χ2v) is 13.7. The zero-order valence-corrected chi connectivity index (χ0v) is 23.7. The molecule has 2 unspecified atom stereocenters. The highest BCUT2D eigenvalue weighted by Crippen LogP contribution is 2.66. The standard InChI is InChI=1S/C30H44S3/c1-4-7-10-13-16-23-22-31-29-26(23)20-28-30(21-25(32-28)18-15-12-9-6-3)27(29)19-24(33-30)17-14-11-8-5-2/h19-22,24H,4-18H2,1-3H3. The van der Waals surface area contributed by atoms with Crippen LogP contribution >= 0.6 is 34.9 Å². The Hall–Kier alpha value is -0.380. The van der Waals surface area contributed by atoms with Gasteiger partial charge in [0.2, 0.25) is 0 Å². The van der Waals surface area contributed by atoms with Gasteiger partial charge in [0, 0.05) is 15.0 Å². The first kappa shape index (κ1) is 25.7. The molecule has 33 heavy (non-hydrogen) atoms. The Morgan fingerprint density at radius 1 is 0.818 bits per heavy atom. The first-order valence-corrected chi connectivity index (χ1v) is 16.4. The maximum absolute atomic E-state index is 2.70. The summed E-state index contributed by atoms with van der Waals surface area (Å²) in [5, 5.41) is 3.17. The predicted octanol–water partition coefficient (Wildman–Crippen LogP) is 11.0. The lowest BCUT2D eigenvalue weighted by atomic mass is 9.86. The van der Waals surface area contributed by atoms with Gasteiger partial charge in [-0.3, -0.25) is 0 Å². The van der Waals surface area contributed by atoms with Crippen LogP contribution in [0.25, 0.3) is 11.6 Å². The van der Waals surface area contributed by atoms with E-state index in [0.29, 0.717) is 5.25 Å². The number of fused-ring (bicyclic) bond motifs is 2. The first-order chi connectivity index (χ1) is 16.2. The van der Waals surface area contributed by atoms with Crippen molar-refractivity contribution < 1.29 is 0 Å². The molecule has 3 heteroatoms. The Labute approximate surface area is 216 Å². The summed E-state index contributed by atoms with van der Waals surface area (Å²) in [5.74, 6) is 0. The summed E-state index contributed by atoms with van der Waals surface area (Å²) >= 11 is 6.42. The van der Waals surface area contributed by atoms with Gasteiger partial charge in [-0.1, -0.05) is 103 Å². The van der Waals surface area contributed by atoms with Crippen LogP contribution in [0.1, 0.15) is 127 Å². The van der Waals surface area contributed by atoms with Crippen LogP contribution in [-0.2, 0) is 6.42 Å². The normalized spacial score (nSPS) is 23.1. The molecule has 3 heterocycles. The van der Waals surface area contributed by atoms with Gasteiger partial charge in [0.05, 0.1) is 4.75 Å². The molecule has 1 aliphatic carbocycles. The minimum absolute atomic E-state index is 0.136. The molecule has 0 bridgehead atoms. The third-order valence-electron chi connectivity index (χ3n) is 7.41. The average molecular weight is 501 g/mol.